The number of carbonyl (C=O) groups excluding carboxylic acids is 1. The Labute approximate surface area is 149 Å². The van der Waals surface area contributed by atoms with Gasteiger partial charge in [-0.15, -0.1) is 0 Å². The highest BCUT2D eigenvalue weighted by Gasteiger charge is 2.29. The van der Waals surface area contributed by atoms with Gasteiger partial charge in [-0.1, -0.05) is 0 Å². The number of amides is 1. The number of benzene rings is 1. The normalized spacial score (nSPS) is 15.8. The van der Waals surface area contributed by atoms with Gasteiger partial charge in [-0.05, 0) is 18.2 Å². The standard InChI is InChI=1S/C16H17F2N3O4S/c1-20-10-12(26(23,24)21-4-6-25-7-5-21)9-15(20)16(22)19-14-8-11(17)2-3-13(14)18/h2-3,8-10H,4-7H2,1H3,(H,19,22). The molecule has 0 saturated carbocycles. The van der Waals surface area contributed by atoms with Crippen LogP contribution >= 0.6 is 0 Å². The summed E-state index contributed by atoms with van der Waals surface area (Å²) < 4.78 is 59.9. The molecule has 1 aliphatic rings. The molecule has 1 fully saturated rings. The van der Waals surface area contributed by atoms with Crippen LogP contribution in [0.5, 0.6) is 0 Å². The zero-order valence-corrected chi connectivity index (χ0v) is 14.7. The number of morpholine rings is 1. The summed E-state index contributed by atoms with van der Waals surface area (Å²) in [5.41, 5.74) is -0.325. The molecule has 1 saturated heterocycles. The van der Waals surface area contributed by atoms with Gasteiger partial charge in [0.2, 0.25) is 10.0 Å². The first-order valence-corrected chi connectivity index (χ1v) is 9.24. The van der Waals surface area contributed by atoms with Crippen molar-refractivity contribution in [3.8, 4) is 0 Å². The van der Waals surface area contributed by atoms with E-state index in [0.29, 0.717) is 13.2 Å². The fourth-order valence-electron chi connectivity index (χ4n) is 2.62. The Morgan fingerprint density at radius 1 is 1.19 bits per heavy atom. The van der Waals surface area contributed by atoms with E-state index in [1.54, 1.807) is 0 Å². The van der Waals surface area contributed by atoms with Crippen molar-refractivity contribution < 1.29 is 26.7 Å². The van der Waals surface area contributed by atoms with Gasteiger partial charge in [0.25, 0.3) is 5.91 Å². The zero-order chi connectivity index (χ0) is 18.9. The lowest BCUT2D eigenvalue weighted by molar-refractivity contribution is 0.0730. The number of aryl methyl sites for hydroxylation is 1. The van der Waals surface area contributed by atoms with Crippen LogP contribution in [0.15, 0.2) is 35.4 Å². The first-order valence-electron chi connectivity index (χ1n) is 7.80. The van der Waals surface area contributed by atoms with E-state index >= 15 is 0 Å². The van der Waals surface area contributed by atoms with Gasteiger partial charge in [-0.25, -0.2) is 17.2 Å². The third kappa shape index (κ3) is 3.62. The zero-order valence-electron chi connectivity index (χ0n) is 13.9. The first-order chi connectivity index (χ1) is 12.3. The molecule has 0 radical (unpaired) electrons. The van der Waals surface area contributed by atoms with Crippen molar-refractivity contribution in [2.24, 2.45) is 7.05 Å². The Kier molecular flexibility index (Phi) is 5.08. The summed E-state index contributed by atoms with van der Waals surface area (Å²) >= 11 is 0. The number of halogens is 2. The minimum atomic E-state index is -3.77. The van der Waals surface area contributed by atoms with Gasteiger partial charge < -0.3 is 14.6 Å². The lowest BCUT2D eigenvalue weighted by Gasteiger charge is -2.25. The molecule has 2 heterocycles. The van der Waals surface area contributed by atoms with E-state index in [1.165, 1.54) is 28.2 Å². The molecule has 1 aromatic carbocycles. The van der Waals surface area contributed by atoms with Crippen LogP contribution in [-0.4, -0.2) is 49.5 Å². The van der Waals surface area contributed by atoms with Crippen molar-refractivity contribution >= 4 is 21.6 Å². The number of hydrogen-bond donors (Lipinski definition) is 1. The predicted molar refractivity (Wildman–Crippen MR) is 89.3 cm³/mol. The van der Waals surface area contributed by atoms with Crippen molar-refractivity contribution in [2.75, 3.05) is 31.6 Å². The average molecular weight is 385 g/mol. The Morgan fingerprint density at radius 2 is 1.88 bits per heavy atom. The Balaban J connectivity index is 1.85. The minimum absolute atomic E-state index is 0.000459. The van der Waals surface area contributed by atoms with Crippen LogP contribution in [0, 0.1) is 11.6 Å². The molecule has 7 nitrogen and oxygen atoms in total. The van der Waals surface area contributed by atoms with Crippen molar-refractivity contribution in [1.29, 1.82) is 0 Å². The summed E-state index contributed by atoms with van der Waals surface area (Å²) in [6.45, 7) is 1.07. The maximum Gasteiger partial charge on any atom is 0.272 e. The fraction of sp³-hybridized carbons (Fsp3) is 0.312. The highest BCUT2D eigenvalue weighted by molar-refractivity contribution is 7.89. The second-order valence-electron chi connectivity index (χ2n) is 5.77. The maximum atomic E-state index is 13.7. The van der Waals surface area contributed by atoms with Crippen LogP contribution < -0.4 is 5.32 Å². The number of sulfonamides is 1. The number of carbonyl (C=O) groups is 1. The number of ether oxygens (including phenoxy) is 1. The van der Waals surface area contributed by atoms with Gasteiger partial charge in [-0.3, -0.25) is 4.79 Å². The first kappa shape index (κ1) is 18.5. The summed E-state index contributed by atoms with van der Waals surface area (Å²) in [6, 6.07) is 3.88. The molecule has 0 aliphatic carbocycles. The molecule has 0 unspecified atom stereocenters. The van der Waals surface area contributed by atoms with Gasteiger partial charge in [0.1, 0.15) is 22.2 Å². The van der Waals surface area contributed by atoms with Crippen molar-refractivity contribution in [2.45, 2.75) is 4.90 Å². The van der Waals surface area contributed by atoms with E-state index in [1.807, 2.05) is 0 Å². The average Bonchev–Trinajstić information content (AvgIpc) is 3.01. The maximum absolute atomic E-state index is 13.7. The number of hydrogen-bond acceptors (Lipinski definition) is 4. The van der Waals surface area contributed by atoms with Gasteiger partial charge in [-0.2, -0.15) is 4.31 Å². The third-order valence-corrected chi connectivity index (χ3v) is 5.86. The van der Waals surface area contributed by atoms with Crippen molar-refractivity contribution in [1.82, 2.24) is 8.87 Å². The molecule has 0 spiro atoms. The van der Waals surface area contributed by atoms with Gasteiger partial charge in [0.05, 0.1) is 18.9 Å². The highest BCUT2D eigenvalue weighted by atomic mass is 32.2. The van der Waals surface area contributed by atoms with Crippen LogP contribution in [0.2, 0.25) is 0 Å². The summed E-state index contributed by atoms with van der Waals surface area (Å²) in [4.78, 5) is 12.3. The van der Waals surface area contributed by atoms with Crippen molar-refractivity contribution in [3.05, 3.63) is 47.8 Å². The van der Waals surface area contributed by atoms with E-state index in [2.05, 4.69) is 5.32 Å². The van der Waals surface area contributed by atoms with Crippen LogP contribution in [0.25, 0.3) is 0 Å². The molecular formula is C16H17F2N3O4S. The second-order valence-corrected chi connectivity index (χ2v) is 7.70. The van der Waals surface area contributed by atoms with Gasteiger partial charge in [0.15, 0.2) is 0 Å². The minimum Gasteiger partial charge on any atom is -0.379 e. The molecule has 0 atom stereocenters. The van der Waals surface area contributed by atoms with Gasteiger partial charge in [0, 0.05) is 32.4 Å². The number of nitrogens with one attached hydrogen (secondary N) is 1. The Bertz CT molecular complexity index is 937. The molecule has 1 N–H and O–H groups in total. The molecule has 1 aliphatic heterocycles. The van der Waals surface area contributed by atoms with E-state index in [0.717, 1.165) is 18.2 Å². The highest BCUT2D eigenvalue weighted by Crippen LogP contribution is 2.21. The summed E-state index contributed by atoms with van der Waals surface area (Å²) in [5.74, 6) is -2.25. The van der Waals surface area contributed by atoms with Crippen LogP contribution in [0.4, 0.5) is 14.5 Å². The lowest BCUT2D eigenvalue weighted by atomic mass is 10.3. The molecule has 10 heteroatoms. The SMILES string of the molecule is Cn1cc(S(=O)(=O)N2CCOCC2)cc1C(=O)Nc1cc(F)ccc1F. The number of anilines is 1. The van der Waals surface area contributed by atoms with Crippen LogP contribution in [0.3, 0.4) is 0 Å². The monoisotopic (exact) mass is 385 g/mol. The van der Waals surface area contributed by atoms with Crippen LogP contribution in [-0.2, 0) is 21.8 Å². The molecule has 1 amide bonds. The molecule has 26 heavy (non-hydrogen) atoms. The smallest absolute Gasteiger partial charge is 0.272 e. The summed E-state index contributed by atoms with van der Waals surface area (Å²) in [5, 5.41) is 2.25. The molecule has 0 bridgehead atoms. The van der Waals surface area contributed by atoms with E-state index in [9.17, 15) is 22.0 Å². The molecule has 1 aromatic heterocycles. The van der Waals surface area contributed by atoms with Crippen molar-refractivity contribution in [3.63, 3.8) is 0 Å². The predicted octanol–water partition coefficient (Wildman–Crippen LogP) is 1.58. The molecule has 2 aromatic rings. The third-order valence-electron chi connectivity index (χ3n) is 4.00. The second kappa shape index (κ2) is 7.14. The quantitative estimate of drug-likeness (QED) is 0.867. The number of aromatic nitrogens is 1. The molecule has 3 rings (SSSR count). The molecule has 140 valence electrons. The largest absolute Gasteiger partial charge is 0.379 e. The van der Waals surface area contributed by atoms with E-state index in [4.69, 9.17) is 4.74 Å². The number of rotatable bonds is 4. The lowest BCUT2D eigenvalue weighted by Crippen LogP contribution is -2.40. The van der Waals surface area contributed by atoms with E-state index in [-0.39, 0.29) is 29.4 Å². The molecular weight excluding hydrogens is 368 g/mol. The van der Waals surface area contributed by atoms with E-state index < -0.39 is 27.6 Å². The Morgan fingerprint density at radius 3 is 2.58 bits per heavy atom. The van der Waals surface area contributed by atoms with Crippen LogP contribution in [0.1, 0.15) is 10.5 Å². The Hall–Kier alpha value is -2.30. The number of nitrogens with zero attached hydrogens (tertiary/aromatic N) is 2. The fourth-order valence-corrected chi connectivity index (χ4v) is 4.10. The summed E-state index contributed by atoms with van der Waals surface area (Å²) in [7, 11) is -2.27. The summed E-state index contributed by atoms with van der Waals surface area (Å²) in [6.07, 6.45) is 1.31. The van der Waals surface area contributed by atoms with Gasteiger partial charge >= 0.3 is 0 Å². The topological polar surface area (TPSA) is 80.6 Å².